The van der Waals surface area contributed by atoms with Crippen molar-refractivity contribution in [2.75, 3.05) is 19.6 Å². The largest absolute Gasteiger partial charge is 0.268 e. The van der Waals surface area contributed by atoms with Crippen LogP contribution in [-0.2, 0) is 0 Å². The van der Waals surface area contributed by atoms with E-state index in [1.54, 1.807) is 0 Å². The Hall–Kier alpha value is -0.530. The number of hydrogen-bond acceptors (Lipinski definition) is 1. The van der Waals surface area contributed by atoms with Gasteiger partial charge < -0.3 is 0 Å². The first-order chi connectivity index (χ1) is 5.24. The molecule has 0 saturated heterocycles. The van der Waals surface area contributed by atoms with Crippen LogP contribution >= 0.6 is 0 Å². The fourth-order valence-electron chi connectivity index (χ4n) is 1.41. The SMILES string of the molecule is CC[N+]1=[13CH]N(C(C)C)CCC1. The van der Waals surface area contributed by atoms with Crippen LogP contribution in [0.5, 0.6) is 0 Å². The van der Waals surface area contributed by atoms with Crippen molar-refractivity contribution in [1.29, 1.82) is 0 Å². The smallest absolute Gasteiger partial charge is 0.234 e. The van der Waals surface area contributed by atoms with E-state index in [0.29, 0.717) is 6.04 Å². The Balaban J connectivity index is 2.55. The second kappa shape index (κ2) is 3.74. The van der Waals surface area contributed by atoms with Gasteiger partial charge in [0.25, 0.3) is 0 Å². The van der Waals surface area contributed by atoms with E-state index in [-0.39, 0.29) is 0 Å². The molecule has 0 amide bonds. The van der Waals surface area contributed by atoms with Crippen LogP contribution in [-0.4, -0.2) is 41.5 Å². The molecule has 0 aliphatic carbocycles. The molecule has 2 nitrogen and oxygen atoms in total. The Morgan fingerprint density at radius 2 is 2.27 bits per heavy atom. The summed E-state index contributed by atoms with van der Waals surface area (Å²) in [6, 6.07) is 0.657. The maximum Gasteiger partial charge on any atom is 0.234 e. The summed E-state index contributed by atoms with van der Waals surface area (Å²) < 4.78 is 2.38. The Kier molecular flexibility index (Phi) is 2.92. The summed E-state index contributed by atoms with van der Waals surface area (Å²) in [5.41, 5.74) is 0. The first kappa shape index (κ1) is 8.57. The van der Waals surface area contributed by atoms with E-state index < -0.39 is 0 Å². The average molecular weight is 156 g/mol. The third kappa shape index (κ3) is 2.21. The lowest BCUT2D eigenvalue weighted by molar-refractivity contribution is -0.530. The van der Waals surface area contributed by atoms with E-state index in [1.807, 2.05) is 0 Å². The van der Waals surface area contributed by atoms with Crippen LogP contribution in [0.3, 0.4) is 0 Å². The van der Waals surface area contributed by atoms with Crippen molar-refractivity contribution in [1.82, 2.24) is 4.90 Å². The van der Waals surface area contributed by atoms with Gasteiger partial charge in [-0.1, -0.05) is 0 Å². The van der Waals surface area contributed by atoms with Gasteiger partial charge in [0.05, 0.1) is 25.7 Å². The minimum atomic E-state index is 0.657. The maximum absolute atomic E-state index is 2.41. The molecule has 1 aliphatic rings. The van der Waals surface area contributed by atoms with Crippen LogP contribution in [0.2, 0.25) is 0 Å². The molecule has 0 spiro atoms. The molecule has 0 unspecified atom stereocenters. The monoisotopic (exact) mass is 156 g/mol. The van der Waals surface area contributed by atoms with Gasteiger partial charge in [0.15, 0.2) is 0 Å². The Morgan fingerprint density at radius 3 is 2.82 bits per heavy atom. The van der Waals surface area contributed by atoms with Crippen molar-refractivity contribution in [3.05, 3.63) is 0 Å². The number of hydrogen-bond donors (Lipinski definition) is 0. The zero-order valence-corrected chi connectivity index (χ0v) is 7.88. The predicted molar refractivity (Wildman–Crippen MR) is 48.2 cm³/mol. The molecule has 2 heteroatoms. The summed E-state index contributed by atoms with van der Waals surface area (Å²) in [6.45, 7) is 10.3. The quantitative estimate of drug-likeness (QED) is 0.429. The molecular weight excluding hydrogens is 137 g/mol. The summed E-state index contributed by atoms with van der Waals surface area (Å²) in [4.78, 5) is 2.41. The third-order valence-corrected chi connectivity index (χ3v) is 2.24. The molecule has 11 heavy (non-hydrogen) atoms. The lowest BCUT2D eigenvalue weighted by Crippen LogP contribution is -2.40. The fourth-order valence-corrected chi connectivity index (χ4v) is 1.41. The standard InChI is InChI=1S/C9H19N2/c1-4-10-6-5-7-11(8-10)9(2)3/h8-9H,4-7H2,1-3H3/q+1/i8+1. The van der Waals surface area contributed by atoms with E-state index in [9.17, 15) is 0 Å². The summed E-state index contributed by atoms with van der Waals surface area (Å²) in [5.74, 6) is 0. The molecule has 64 valence electrons. The summed E-state index contributed by atoms with van der Waals surface area (Å²) >= 11 is 0. The zero-order chi connectivity index (χ0) is 8.27. The van der Waals surface area contributed by atoms with Gasteiger partial charge in [-0.15, -0.1) is 0 Å². The van der Waals surface area contributed by atoms with Gasteiger partial charge in [-0.05, 0) is 20.8 Å². The van der Waals surface area contributed by atoms with Crippen LogP contribution < -0.4 is 0 Å². The van der Waals surface area contributed by atoms with Gasteiger partial charge in [0, 0.05) is 6.42 Å². The highest BCUT2D eigenvalue weighted by Gasteiger charge is 2.17. The van der Waals surface area contributed by atoms with Gasteiger partial charge in [-0.2, -0.15) is 0 Å². The third-order valence-electron chi connectivity index (χ3n) is 2.24. The molecule has 1 heterocycles. The summed E-state index contributed by atoms with van der Waals surface area (Å²) in [6.07, 6.45) is 3.58. The van der Waals surface area contributed by atoms with Crippen LogP contribution in [0.25, 0.3) is 0 Å². The molecule has 0 atom stereocenters. The minimum Gasteiger partial charge on any atom is -0.268 e. The number of nitrogens with zero attached hydrogens (tertiary/aromatic N) is 2. The predicted octanol–water partition coefficient (Wildman–Crippen LogP) is 1.16. The normalized spacial score (nSPS) is 18.9. The van der Waals surface area contributed by atoms with E-state index in [4.69, 9.17) is 0 Å². The second-order valence-corrected chi connectivity index (χ2v) is 3.43. The lowest BCUT2D eigenvalue weighted by atomic mass is 10.3. The molecule has 0 saturated carbocycles. The highest BCUT2D eigenvalue weighted by atomic mass is 15.4. The highest BCUT2D eigenvalue weighted by Crippen LogP contribution is 2.01. The van der Waals surface area contributed by atoms with Crippen molar-refractivity contribution in [3.8, 4) is 0 Å². The first-order valence-electron chi connectivity index (χ1n) is 4.59. The van der Waals surface area contributed by atoms with E-state index in [1.165, 1.54) is 19.5 Å². The van der Waals surface area contributed by atoms with Gasteiger partial charge in [0.2, 0.25) is 6.34 Å². The van der Waals surface area contributed by atoms with Gasteiger partial charge in [-0.3, -0.25) is 9.48 Å². The van der Waals surface area contributed by atoms with Gasteiger partial charge in [-0.25, -0.2) is 0 Å². The first-order valence-corrected chi connectivity index (χ1v) is 4.59. The Morgan fingerprint density at radius 1 is 1.55 bits per heavy atom. The van der Waals surface area contributed by atoms with Crippen LogP contribution in [0.1, 0.15) is 27.2 Å². The average Bonchev–Trinajstić information content (AvgIpc) is 2.05. The second-order valence-electron chi connectivity index (χ2n) is 3.43. The van der Waals surface area contributed by atoms with Crippen LogP contribution in [0.4, 0.5) is 0 Å². The Labute approximate surface area is 69.5 Å². The number of rotatable bonds is 2. The fraction of sp³-hybridized carbons (Fsp3) is 0.889. The van der Waals surface area contributed by atoms with Crippen molar-refractivity contribution >= 4 is 6.34 Å². The van der Waals surface area contributed by atoms with E-state index >= 15 is 0 Å². The topological polar surface area (TPSA) is 6.25 Å². The minimum absolute atomic E-state index is 0.657. The van der Waals surface area contributed by atoms with Crippen LogP contribution in [0.15, 0.2) is 0 Å². The molecule has 0 fully saturated rings. The molecule has 0 aromatic heterocycles. The van der Waals surface area contributed by atoms with Crippen molar-refractivity contribution in [2.45, 2.75) is 33.2 Å². The van der Waals surface area contributed by atoms with Gasteiger partial charge in [0.1, 0.15) is 0 Å². The molecule has 0 aromatic rings. The molecule has 0 N–H and O–H groups in total. The van der Waals surface area contributed by atoms with Crippen molar-refractivity contribution in [3.63, 3.8) is 0 Å². The maximum atomic E-state index is 2.41. The highest BCUT2D eigenvalue weighted by molar-refractivity contribution is 5.49. The molecular formula is C9H19N2+. The lowest BCUT2D eigenvalue weighted by Gasteiger charge is -2.22. The molecule has 0 aromatic carbocycles. The molecule has 1 rings (SSSR count). The molecule has 1 aliphatic heterocycles. The Bertz CT molecular complexity index is 150. The van der Waals surface area contributed by atoms with E-state index in [2.05, 4.69) is 36.6 Å². The molecule has 0 bridgehead atoms. The van der Waals surface area contributed by atoms with Crippen LogP contribution in [0, 0.1) is 0 Å². The van der Waals surface area contributed by atoms with Crippen molar-refractivity contribution in [2.24, 2.45) is 0 Å². The summed E-state index contributed by atoms with van der Waals surface area (Å²) in [7, 11) is 0. The molecule has 0 radical (unpaired) electrons. The van der Waals surface area contributed by atoms with E-state index in [0.717, 1.165) is 6.54 Å². The van der Waals surface area contributed by atoms with Crippen molar-refractivity contribution < 1.29 is 4.58 Å². The summed E-state index contributed by atoms with van der Waals surface area (Å²) in [5, 5.41) is 0. The van der Waals surface area contributed by atoms with Gasteiger partial charge >= 0.3 is 0 Å². The zero-order valence-electron chi connectivity index (χ0n) is 7.88.